The van der Waals surface area contributed by atoms with E-state index in [9.17, 15) is 5.11 Å². The Morgan fingerprint density at radius 3 is 2.76 bits per heavy atom. The fourth-order valence-electron chi connectivity index (χ4n) is 1.98. The molecule has 0 radical (unpaired) electrons. The van der Waals surface area contributed by atoms with Crippen molar-refractivity contribution in [2.24, 2.45) is 0 Å². The normalized spacial score (nSPS) is 17.4. The SMILES string of the molecule is CCOc1cc(C)nc(NC2(CO)CCC2)n1. The zero-order valence-electron chi connectivity index (χ0n) is 10.4. The number of aliphatic hydroxyl groups excluding tert-OH is 1. The Balaban J connectivity index is 2.14. The summed E-state index contributed by atoms with van der Waals surface area (Å²) in [6.45, 7) is 4.53. The molecule has 2 rings (SSSR count). The molecule has 0 saturated heterocycles. The second-order valence-electron chi connectivity index (χ2n) is 4.52. The van der Waals surface area contributed by atoms with Crippen LogP contribution in [0.15, 0.2) is 6.07 Å². The number of nitrogens with zero attached hydrogens (tertiary/aromatic N) is 2. The molecule has 17 heavy (non-hydrogen) atoms. The first-order chi connectivity index (χ1) is 8.17. The second-order valence-corrected chi connectivity index (χ2v) is 4.52. The molecule has 0 atom stereocenters. The highest BCUT2D eigenvalue weighted by Gasteiger charge is 2.37. The molecular formula is C12H19N3O2. The Morgan fingerprint density at radius 1 is 1.47 bits per heavy atom. The summed E-state index contributed by atoms with van der Waals surface area (Å²) in [6.07, 6.45) is 3.06. The second kappa shape index (κ2) is 4.87. The fraction of sp³-hybridized carbons (Fsp3) is 0.667. The summed E-state index contributed by atoms with van der Waals surface area (Å²) in [4.78, 5) is 8.60. The first kappa shape index (κ1) is 12.1. The van der Waals surface area contributed by atoms with Crippen LogP contribution in [0.3, 0.4) is 0 Å². The van der Waals surface area contributed by atoms with E-state index in [4.69, 9.17) is 4.74 Å². The Morgan fingerprint density at radius 2 is 2.24 bits per heavy atom. The Hall–Kier alpha value is -1.36. The maximum atomic E-state index is 9.39. The van der Waals surface area contributed by atoms with Gasteiger partial charge in [0, 0.05) is 11.8 Å². The van der Waals surface area contributed by atoms with Gasteiger partial charge < -0.3 is 15.2 Å². The van der Waals surface area contributed by atoms with Crippen molar-refractivity contribution >= 4 is 5.95 Å². The molecule has 0 unspecified atom stereocenters. The van der Waals surface area contributed by atoms with Crippen molar-refractivity contribution in [3.8, 4) is 5.88 Å². The minimum Gasteiger partial charge on any atom is -0.478 e. The molecule has 0 aromatic carbocycles. The number of aliphatic hydroxyl groups is 1. The average Bonchev–Trinajstić information content (AvgIpc) is 2.23. The standard InChI is InChI=1S/C12H19N3O2/c1-3-17-10-7-9(2)13-11(14-10)15-12(8-16)5-4-6-12/h7,16H,3-6,8H2,1-2H3,(H,13,14,15). The lowest BCUT2D eigenvalue weighted by Gasteiger charge is -2.40. The maximum Gasteiger partial charge on any atom is 0.226 e. The number of aryl methyl sites for hydroxylation is 1. The van der Waals surface area contributed by atoms with E-state index in [1.54, 1.807) is 6.07 Å². The van der Waals surface area contributed by atoms with Crippen molar-refractivity contribution < 1.29 is 9.84 Å². The lowest BCUT2D eigenvalue weighted by molar-refractivity contribution is 0.143. The summed E-state index contributed by atoms with van der Waals surface area (Å²) >= 11 is 0. The van der Waals surface area contributed by atoms with Gasteiger partial charge in [-0.1, -0.05) is 0 Å². The number of ether oxygens (including phenoxy) is 1. The number of aromatic nitrogens is 2. The van der Waals surface area contributed by atoms with Crippen LogP contribution in [-0.2, 0) is 0 Å². The van der Waals surface area contributed by atoms with Crippen LogP contribution in [0.25, 0.3) is 0 Å². The average molecular weight is 237 g/mol. The van der Waals surface area contributed by atoms with Crippen LogP contribution >= 0.6 is 0 Å². The third-order valence-electron chi connectivity index (χ3n) is 3.11. The van der Waals surface area contributed by atoms with Crippen molar-refractivity contribution in [3.05, 3.63) is 11.8 Å². The van der Waals surface area contributed by atoms with Crippen molar-refractivity contribution in [1.82, 2.24) is 9.97 Å². The zero-order valence-corrected chi connectivity index (χ0v) is 10.4. The summed E-state index contributed by atoms with van der Waals surface area (Å²) < 4.78 is 5.37. The third kappa shape index (κ3) is 2.66. The molecule has 1 fully saturated rings. The molecule has 0 bridgehead atoms. The van der Waals surface area contributed by atoms with E-state index >= 15 is 0 Å². The van der Waals surface area contributed by atoms with Gasteiger partial charge in [0.1, 0.15) is 0 Å². The summed E-state index contributed by atoms with van der Waals surface area (Å²) in [5.74, 6) is 1.12. The molecule has 1 heterocycles. The van der Waals surface area contributed by atoms with E-state index in [2.05, 4.69) is 15.3 Å². The number of anilines is 1. The van der Waals surface area contributed by atoms with Crippen LogP contribution in [0, 0.1) is 6.92 Å². The minimum absolute atomic E-state index is 0.119. The van der Waals surface area contributed by atoms with Gasteiger partial charge in [-0.15, -0.1) is 0 Å². The van der Waals surface area contributed by atoms with E-state index in [0.717, 1.165) is 25.0 Å². The number of hydrogen-bond acceptors (Lipinski definition) is 5. The Labute approximate surface area is 101 Å². The lowest BCUT2D eigenvalue weighted by Crippen LogP contribution is -2.48. The highest BCUT2D eigenvalue weighted by molar-refractivity contribution is 5.35. The topological polar surface area (TPSA) is 67.3 Å². The predicted molar refractivity (Wildman–Crippen MR) is 65.2 cm³/mol. The first-order valence-corrected chi connectivity index (χ1v) is 6.05. The van der Waals surface area contributed by atoms with Crippen molar-refractivity contribution in [1.29, 1.82) is 0 Å². The Bertz CT molecular complexity index is 386. The van der Waals surface area contributed by atoms with Crippen LogP contribution in [0.4, 0.5) is 5.95 Å². The van der Waals surface area contributed by atoms with Crippen molar-refractivity contribution in [2.45, 2.75) is 38.6 Å². The predicted octanol–water partition coefficient (Wildman–Crippen LogP) is 1.51. The molecule has 5 nitrogen and oxygen atoms in total. The maximum absolute atomic E-state index is 9.39. The Kier molecular flexibility index (Phi) is 3.47. The van der Waals surface area contributed by atoms with E-state index in [1.807, 2.05) is 13.8 Å². The summed E-state index contributed by atoms with van der Waals surface area (Å²) in [6, 6.07) is 1.81. The van der Waals surface area contributed by atoms with Gasteiger partial charge in [-0.25, -0.2) is 4.98 Å². The fourth-order valence-corrected chi connectivity index (χ4v) is 1.98. The van der Waals surface area contributed by atoms with E-state index in [-0.39, 0.29) is 12.1 Å². The zero-order chi connectivity index (χ0) is 12.3. The van der Waals surface area contributed by atoms with Crippen LogP contribution in [0.1, 0.15) is 31.9 Å². The molecule has 94 valence electrons. The molecule has 1 aromatic heterocycles. The molecular weight excluding hydrogens is 218 g/mol. The van der Waals surface area contributed by atoms with Crippen LogP contribution in [-0.4, -0.2) is 33.8 Å². The van der Waals surface area contributed by atoms with E-state index < -0.39 is 0 Å². The quantitative estimate of drug-likeness (QED) is 0.812. The number of hydrogen-bond donors (Lipinski definition) is 2. The molecule has 0 amide bonds. The van der Waals surface area contributed by atoms with Gasteiger partial charge in [0.05, 0.1) is 18.8 Å². The van der Waals surface area contributed by atoms with Crippen molar-refractivity contribution in [3.63, 3.8) is 0 Å². The van der Waals surface area contributed by atoms with Gasteiger partial charge in [-0.05, 0) is 33.1 Å². The van der Waals surface area contributed by atoms with E-state index in [1.165, 1.54) is 0 Å². The highest BCUT2D eigenvalue weighted by atomic mass is 16.5. The molecule has 0 aliphatic heterocycles. The molecule has 0 spiro atoms. The first-order valence-electron chi connectivity index (χ1n) is 6.05. The van der Waals surface area contributed by atoms with Gasteiger partial charge in [0.15, 0.2) is 0 Å². The summed E-state index contributed by atoms with van der Waals surface area (Å²) in [5.41, 5.74) is 0.635. The number of nitrogens with one attached hydrogen (secondary N) is 1. The number of rotatable bonds is 5. The lowest BCUT2D eigenvalue weighted by atomic mass is 9.77. The van der Waals surface area contributed by atoms with Gasteiger partial charge in [-0.3, -0.25) is 0 Å². The summed E-state index contributed by atoms with van der Waals surface area (Å²) in [7, 11) is 0. The molecule has 1 aliphatic carbocycles. The largest absolute Gasteiger partial charge is 0.478 e. The minimum atomic E-state index is -0.225. The van der Waals surface area contributed by atoms with Gasteiger partial charge >= 0.3 is 0 Å². The summed E-state index contributed by atoms with van der Waals surface area (Å²) in [5, 5.41) is 12.6. The molecule has 5 heteroatoms. The van der Waals surface area contributed by atoms with Gasteiger partial charge in [-0.2, -0.15) is 4.98 Å². The molecule has 1 aromatic rings. The monoisotopic (exact) mass is 237 g/mol. The third-order valence-corrected chi connectivity index (χ3v) is 3.11. The van der Waals surface area contributed by atoms with Crippen LogP contribution in [0.5, 0.6) is 5.88 Å². The van der Waals surface area contributed by atoms with Gasteiger partial charge in [0.25, 0.3) is 0 Å². The van der Waals surface area contributed by atoms with Crippen LogP contribution in [0.2, 0.25) is 0 Å². The molecule has 1 saturated carbocycles. The van der Waals surface area contributed by atoms with Crippen molar-refractivity contribution in [2.75, 3.05) is 18.5 Å². The molecule has 1 aliphatic rings. The van der Waals surface area contributed by atoms with Gasteiger partial charge in [0.2, 0.25) is 11.8 Å². The molecule has 2 N–H and O–H groups in total. The van der Waals surface area contributed by atoms with E-state index in [0.29, 0.717) is 18.4 Å². The smallest absolute Gasteiger partial charge is 0.226 e. The highest BCUT2D eigenvalue weighted by Crippen LogP contribution is 2.34. The van der Waals surface area contributed by atoms with Crippen LogP contribution < -0.4 is 10.1 Å².